The fraction of sp³-hybridized carbons (Fsp3) is 0.525. The van der Waals surface area contributed by atoms with Gasteiger partial charge in [0.1, 0.15) is 11.5 Å². The number of likely N-dealkylation sites (tertiary alicyclic amines) is 4. The molecule has 4 aromatic rings. The minimum absolute atomic E-state index is 0.0602. The Morgan fingerprint density at radius 3 is 2.04 bits per heavy atom. The van der Waals surface area contributed by atoms with Gasteiger partial charge in [-0.25, -0.2) is 0 Å². The van der Waals surface area contributed by atoms with Gasteiger partial charge in [0, 0.05) is 98.3 Å². The molecule has 11 nitrogen and oxygen atoms in total. The molecule has 8 rings (SSSR count). The molecule has 4 fully saturated rings. The van der Waals surface area contributed by atoms with Gasteiger partial charge >= 0.3 is 0 Å². The quantitative estimate of drug-likeness (QED) is 0.197. The predicted octanol–water partition coefficient (Wildman–Crippen LogP) is 4.60. The smallest absolute Gasteiger partial charge is 0.229 e. The van der Waals surface area contributed by atoms with E-state index in [1.54, 1.807) is 14.2 Å². The van der Waals surface area contributed by atoms with Crippen LogP contribution in [0.25, 0.3) is 21.8 Å². The van der Waals surface area contributed by atoms with Crippen LogP contribution in [0.3, 0.4) is 0 Å². The summed E-state index contributed by atoms with van der Waals surface area (Å²) in [4.78, 5) is 54.0. The number of rotatable bonds is 13. The van der Waals surface area contributed by atoms with Gasteiger partial charge < -0.3 is 24.3 Å². The molecule has 2 N–H and O–H groups in total. The predicted molar refractivity (Wildman–Crippen MR) is 196 cm³/mol. The molecule has 0 spiro atoms. The van der Waals surface area contributed by atoms with Gasteiger partial charge in [-0.3, -0.25) is 29.1 Å². The van der Waals surface area contributed by atoms with Gasteiger partial charge in [-0.15, -0.1) is 0 Å². The lowest BCUT2D eigenvalue weighted by Gasteiger charge is -2.32. The summed E-state index contributed by atoms with van der Waals surface area (Å²) in [5, 5.41) is 2.38. The number of fused-ring (bicyclic) bond motifs is 2. The number of amides is 3. The van der Waals surface area contributed by atoms with Crippen LogP contribution in [0.2, 0.25) is 0 Å². The molecular weight excluding hydrogens is 644 g/mol. The molecule has 0 radical (unpaired) electrons. The van der Waals surface area contributed by atoms with Crippen molar-refractivity contribution in [3.05, 3.63) is 59.9 Å². The third kappa shape index (κ3) is 6.73. The number of nitrogens with zero attached hydrogens (tertiary/aromatic N) is 4. The fourth-order valence-electron chi connectivity index (χ4n) is 9.51. The number of aromatic amines is 2. The third-order valence-electron chi connectivity index (χ3n) is 12.3. The lowest BCUT2D eigenvalue weighted by Crippen LogP contribution is -2.43. The summed E-state index contributed by atoms with van der Waals surface area (Å²) < 4.78 is 11.0. The van der Waals surface area contributed by atoms with Gasteiger partial charge in [0.2, 0.25) is 17.7 Å². The van der Waals surface area contributed by atoms with E-state index in [4.69, 9.17) is 9.47 Å². The Morgan fingerprint density at radius 1 is 0.725 bits per heavy atom. The Bertz CT molecular complexity index is 1900. The van der Waals surface area contributed by atoms with Crippen molar-refractivity contribution in [2.24, 2.45) is 11.8 Å². The zero-order chi connectivity index (χ0) is 35.1. The lowest BCUT2D eigenvalue weighted by molar-refractivity contribution is -0.138. The summed E-state index contributed by atoms with van der Waals surface area (Å²) in [7, 11) is 3.40. The van der Waals surface area contributed by atoms with Gasteiger partial charge in [-0.05, 0) is 105 Å². The van der Waals surface area contributed by atoms with E-state index in [9.17, 15) is 14.4 Å². The van der Waals surface area contributed by atoms with E-state index in [-0.39, 0.29) is 29.7 Å². The molecule has 2 aromatic carbocycles. The van der Waals surface area contributed by atoms with E-state index in [0.29, 0.717) is 44.3 Å². The minimum atomic E-state index is -0.0602. The summed E-state index contributed by atoms with van der Waals surface area (Å²) in [5.41, 5.74) is 4.76. The maximum absolute atomic E-state index is 13.6. The molecule has 51 heavy (non-hydrogen) atoms. The monoisotopic (exact) mass is 694 g/mol. The molecule has 4 atom stereocenters. The zero-order valence-corrected chi connectivity index (χ0v) is 29.9. The summed E-state index contributed by atoms with van der Waals surface area (Å²) in [6.07, 6.45) is 10.6. The van der Waals surface area contributed by atoms with Gasteiger partial charge in [0.15, 0.2) is 0 Å². The SMILES string of the molecule is COc1ccc2[nH]cc(C[C@H]3CCCN3CCN3CC(C4CCN(CCN5C(=O)CCC5=O)[C@H]4Cc4c[nH]c5ccc(OC)cc45)CC3=O)c2c1. The van der Waals surface area contributed by atoms with Crippen LogP contribution in [0.15, 0.2) is 48.8 Å². The highest BCUT2D eigenvalue weighted by Gasteiger charge is 2.44. The Kier molecular flexibility index (Phi) is 9.50. The number of aromatic nitrogens is 2. The first-order valence-electron chi connectivity index (χ1n) is 18.8. The normalized spacial score (nSPS) is 24.7. The molecule has 0 aliphatic carbocycles. The van der Waals surface area contributed by atoms with Crippen LogP contribution in [0.5, 0.6) is 11.5 Å². The van der Waals surface area contributed by atoms with Crippen molar-refractivity contribution < 1.29 is 23.9 Å². The highest BCUT2D eigenvalue weighted by Crippen LogP contribution is 2.39. The second kappa shape index (κ2) is 14.3. The molecule has 2 unspecified atom stereocenters. The van der Waals surface area contributed by atoms with Gasteiger partial charge in [0.25, 0.3) is 0 Å². The number of H-pyrrole nitrogens is 2. The first kappa shape index (κ1) is 33.8. The Labute approximate surface area is 299 Å². The number of nitrogens with one attached hydrogen (secondary N) is 2. The fourth-order valence-corrected chi connectivity index (χ4v) is 9.51. The van der Waals surface area contributed by atoms with Gasteiger partial charge in [0.05, 0.1) is 14.2 Å². The average Bonchev–Trinajstić information content (AvgIpc) is 4.01. The molecule has 0 bridgehead atoms. The maximum Gasteiger partial charge on any atom is 0.229 e. The summed E-state index contributed by atoms with van der Waals surface area (Å²) in [6, 6.07) is 13.0. The van der Waals surface area contributed by atoms with Crippen LogP contribution in [0.4, 0.5) is 0 Å². The van der Waals surface area contributed by atoms with Crippen LogP contribution in [-0.4, -0.2) is 119 Å². The van der Waals surface area contributed by atoms with Crippen LogP contribution in [0, 0.1) is 11.8 Å². The highest BCUT2D eigenvalue weighted by atomic mass is 16.5. The van der Waals surface area contributed by atoms with E-state index >= 15 is 0 Å². The second-order valence-corrected chi connectivity index (χ2v) is 15.0. The number of methoxy groups -OCH3 is 2. The lowest BCUT2D eigenvalue weighted by atomic mass is 9.82. The van der Waals surface area contributed by atoms with Crippen LogP contribution < -0.4 is 9.47 Å². The van der Waals surface area contributed by atoms with Gasteiger partial charge in [-0.2, -0.15) is 0 Å². The van der Waals surface area contributed by atoms with Crippen LogP contribution in [0.1, 0.15) is 49.7 Å². The molecular formula is C40H50N6O5. The van der Waals surface area contributed by atoms with E-state index in [1.165, 1.54) is 34.3 Å². The van der Waals surface area contributed by atoms with Crippen LogP contribution >= 0.6 is 0 Å². The Balaban J connectivity index is 0.942. The number of hydrogen-bond donors (Lipinski definition) is 2. The van der Waals surface area contributed by atoms with Gasteiger partial charge in [-0.1, -0.05) is 0 Å². The number of ether oxygens (including phenoxy) is 2. The maximum atomic E-state index is 13.6. The molecule has 4 saturated heterocycles. The molecule has 6 heterocycles. The summed E-state index contributed by atoms with van der Waals surface area (Å²) >= 11 is 0. The second-order valence-electron chi connectivity index (χ2n) is 15.0. The van der Waals surface area contributed by atoms with E-state index < -0.39 is 0 Å². The largest absolute Gasteiger partial charge is 0.497 e. The molecule has 4 aliphatic heterocycles. The average molecular weight is 695 g/mol. The van der Waals surface area contributed by atoms with Crippen molar-refractivity contribution in [3.8, 4) is 11.5 Å². The van der Waals surface area contributed by atoms with Crippen molar-refractivity contribution in [1.29, 1.82) is 0 Å². The van der Waals surface area contributed by atoms with Crippen molar-refractivity contribution >= 4 is 39.5 Å². The Hall–Kier alpha value is -4.35. The topological polar surface area (TPSA) is 114 Å². The third-order valence-corrected chi connectivity index (χ3v) is 12.3. The van der Waals surface area contributed by atoms with E-state index in [1.807, 2.05) is 12.1 Å². The van der Waals surface area contributed by atoms with Crippen LogP contribution in [-0.2, 0) is 27.2 Å². The number of carbonyl (C=O) groups excluding carboxylic acids is 3. The highest BCUT2D eigenvalue weighted by molar-refractivity contribution is 6.01. The minimum Gasteiger partial charge on any atom is -0.497 e. The molecule has 0 saturated carbocycles. The molecule has 11 heteroatoms. The zero-order valence-electron chi connectivity index (χ0n) is 29.9. The van der Waals surface area contributed by atoms with E-state index in [2.05, 4.69) is 61.3 Å². The van der Waals surface area contributed by atoms with Crippen molar-refractivity contribution in [2.75, 3.05) is 60.0 Å². The molecule has 4 aliphatic rings. The van der Waals surface area contributed by atoms with Crippen molar-refractivity contribution in [1.82, 2.24) is 29.6 Å². The number of imide groups is 1. The Morgan fingerprint density at radius 2 is 1.37 bits per heavy atom. The number of hydrogen-bond acceptors (Lipinski definition) is 7. The number of carbonyl (C=O) groups is 3. The number of benzene rings is 2. The first-order chi connectivity index (χ1) is 24.9. The summed E-state index contributed by atoms with van der Waals surface area (Å²) in [5.74, 6) is 2.47. The standard InChI is InChI=1S/C40H50N6O5/c1-50-30-5-7-35-33(21-30)26(23-41-35)18-29-4-3-12-43(29)14-15-45-25-28(20-40(45)49)32-11-13-44(16-17-46-38(47)9-10-39(46)48)37(32)19-27-24-42-36-8-6-31(51-2)22-34(27)36/h5-8,21-24,28-29,32,37,41-42H,3-4,9-20,25H2,1-2H3/t28?,29-,32?,37+/m1/s1. The van der Waals surface area contributed by atoms with E-state index in [0.717, 1.165) is 79.9 Å². The summed E-state index contributed by atoms with van der Waals surface area (Å²) in [6.45, 7) is 5.51. The first-order valence-corrected chi connectivity index (χ1v) is 18.8. The molecule has 270 valence electrons. The van der Waals surface area contributed by atoms with Crippen molar-refractivity contribution in [3.63, 3.8) is 0 Å². The molecule has 2 aromatic heterocycles. The van der Waals surface area contributed by atoms with Crippen molar-refractivity contribution in [2.45, 2.75) is 63.5 Å². The molecule has 3 amide bonds.